The minimum Gasteiger partial charge on any atom is -0.339 e. The Hall–Kier alpha value is -1.11. The number of hydrogen-bond acceptors (Lipinski definition) is 4. The maximum atomic E-state index is 12.6. The van der Waals surface area contributed by atoms with E-state index in [-0.39, 0.29) is 24.2 Å². The van der Waals surface area contributed by atoms with Crippen molar-refractivity contribution in [3.63, 3.8) is 0 Å². The molecule has 140 valence electrons. The van der Waals surface area contributed by atoms with Crippen LogP contribution in [0.15, 0.2) is 16.8 Å². The number of piperidine rings is 1. The van der Waals surface area contributed by atoms with Gasteiger partial charge in [-0.1, -0.05) is 6.92 Å². The van der Waals surface area contributed by atoms with Gasteiger partial charge >= 0.3 is 0 Å². The number of hydrogen-bond donors (Lipinski definition) is 1. The van der Waals surface area contributed by atoms with Crippen molar-refractivity contribution < 1.29 is 9.59 Å². The first kappa shape index (κ1) is 20.2. The van der Waals surface area contributed by atoms with E-state index < -0.39 is 0 Å². The largest absolute Gasteiger partial charge is 0.339 e. The number of thiophene rings is 1. The van der Waals surface area contributed by atoms with E-state index in [1.807, 2.05) is 26.6 Å². The third-order valence-corrected chi connectivity index (χ3v) is 6.01. The maximum Gasteiger partial charge on any atom is 0.254 e. The Labute approximate surface area is 160 Å². The van der Waals surface area contributed by atoms with Crippen molar-refractivity contribution >= 4 is 35.6 Å². The van der Waals surface area contributed by atoms with Gasteiger partial charge in [-0.05, 0) is 49.2 Å². The molecule has 2 amide bonds. The molecule has 7 heteroatoms. The number of carbonyl (C=O) groups excluding carboxylic acids is 2. The number of piperazine rings is 1. The summed E-state index contributed by atoms with van der Waals surface area (Å²) in [6.07, 6.45) is 3.07. The average molecular weight is 386 g/mol. The van der Waals surface area contributed by atoms with E-state index in [1.54, 1.807) is 11.3 Å². The Morgan fingerprint density at radius 3 is 2.60 bits per heavy atom. The van der Waals surface area contributed by atoms with Crippen LogP contribution in [-0.4, -0.2) is 60.9 Å². The Morgan fingerprint density at radius 2 is 2.00 bits per heavy atom. The highest BCUT2D eigenvalue weighted by atomic mass is 35.5. The highest BCUT2D eigenvalue weighted by Gasteiger charge is 2.28. The molecule has 2 aliphatic rings. The summed E-state index contributed by atoms with van der Waals surface area (Å²) in [5, 5.41) is 7.25. The summed E-state index contributed by atoms with van der Waals surface area (Å²) >= 11 is 1.54. The summed E-state index contributed by atoms with van der Waals surface area (Å²) in [7, 11) is 0. The number of amides is 2. The molecule has 3 rings (SSSR count). The second-order valence-electron chi connectivity index (χ2n) is 6.97. The normalized spacial score (nSPS) is 22.2. The van der Waals surface area contributed by atoms with Gasteiger partial charge < -0.3 is 15.1 Å². The summed E-state index contributed by atoms with van der Waals surface area (Å²) in [5.41, 5.74) is 0.762. The van der Waals surface area contributed by atoms with Crippen LogP contribution in [0.3, 0.4) is 0 Å². The molecule has 3 heterocycles. The van der Waals surface area contributed by atoms with Gasteiger partial charge in [0.2, 0.25) is 5.91 Å². The van der Waals surface area contributed by atoms with Crippen molar-refractivity contribution in [1.82, 2.24) is 15.1 Å². The van der Waals surface area contributed by atoms with Crippen LogP contribution < -0.4 is 5.32 Å². The molecule has 25 heavy (non-hydrogen) atoms. The quantitative estimate of drug-likeness (QED) is 0.866. The van der Waals surface area contributed by atoms with Crippen molar-refractivity contribution in [2.24, 2.45) is 11.8 Å². The lowest BCUT2D eigenvalue weighted by Crippen LogP contribution is -2.51. The van der Waals surface area contributed by atoms with Gasteiger partial charge in [-0.15, -0.1) is 12.4 Å². The molecule has 2 atom stereocenters. The van der Waals surface area contributed by atoms with Crippen molar-refractivity contribution in [2.45, 2.75) is 26.2 Å². The summed E-state index contributed by atoms with van der Waals surface area (Å²) in [4.78, 5) is 28.7. The highest BCUT2D eigenvalue weighted by Crippen LogP contribution is 2.23. The van der Waals surface area contributed by atoms with E-state index in [4.69, 9.17) is 0 Å². The first-order valence-corrected chi connectivity index (χ1v) is 9.89. The summed E-state index contributed by atoms with van der Waals surface area (Å²) in [6, 6.07) is 1.87. The summed E-state index contributed by atoms with van der Waals surface area (Å²) < 4.78 is 0. The van der Waals surface area contributed by atoms with Crippen LogP contribution in [0.2, 0.25) is 0 Å². The van der Waals surface area contributed by atoms with E-state index in [1.165, 1.54) is 12.8 Å². The maximum absolute atomic E-state index is 12.6. The van der Waals surface area contributed by atoms with Crippen LogP contribution in [0.25, 0.3) is 0 Å². The molecule has 2 fully saturated rings. The molecule has 1 aromatic rings. The van der Waals surface area contributed by atoms with Gasteiger partial charge in [0.05, 0.1) is 5.56 Å². The molecule has 1 N–H and O–H groups in total. The number of carbonyl (C=O) groups is 2. The number of rotatable bonds is 4. The van der Waals surface area contributed by atoms with Gasteiger partial charge in [0.15, 0.2) is 0 Å². The van der Waals surface area contributed by atoms with Crippen molar-refractivity contribution in [3.05, 3.63) is 22.4 Å². The monoisotopic (exact) mass is 385 g/mol. The van der Waals surface area contributed by atoms with Crippen LogP contribution in [-0.2, 0) is 4.79 Å². The number of halogens is 1. The van der Waals surface area contributed by atoms with Gasteiger partial charge in [-0.25, -0.2) is 0 Å². The Kier molecular flexibility index (Phi) is 7.72. The minimum absolute atomic E-state index is 0. The fourth-order valence-electron chi connectivity index (χ4n) is 3.66. The van der Waals surface area contributed by atoms with Gasteiger partial charge in [0.25, 0.3) is 5.91 Å². The summed E-state index contributed by atoms with van der Waals surface area (Å²) in [5.74, 6) is 1.38. The smallest absolute Gasteiger partial charge is 0.254 e. The fraction of sp³-hybridized carbons (Fsp3) is 0.667. The van der Waals surface area contributed by atoms with E-state index >= 15 is 0 Å². The lowest BCUT2D eigenvalue weighted by Gasteiger charge is -2.36. The number of nitrogens with zero attached hydrogens (tertiary/aromatic N) is 2. The second-order valence-corrected chi connectivity index (χ2v) is 7.75. The second kappa shape index (κ2) is 9.55. The first-order chi connectivity index (χ1) is 11.6. The SMILES string of the molecule is CC(CC(=O)N1CCN(C(=O)c2ccsc2)CC1)C1CCCNC1.Cl. The molecular formula is C18H28ClN3O2S. The van der Waals surface area contributed by atoms with Gasteiger partial charge in [-0.2, -0.15) is 11.3 Å². The zero-order valence-corrected chi connectivity index (χ0v) is 16.4. The topological polar surface area (TPSA) is 52.7 Å². The third-order valence-electron chi connectivity index (χ3n) is 5.32. The molecular weight excluding hydrogens is 358 g/mol. The zero-order valence-electron chi connectivity index (χ0n) is 14.8. The van der Waals surface area contributed by atoms with Crippen LogP contribution in [0.5, 0.6) is 0 Å². The predicted molar refractivity (Wildman–Crippen MR) is 103 cm³/mol. The predicted octanol–water partition coefficient (Wildman–Crippen LogP) is 2.48. The van der Waals surface area contributed by atoms with E-state index in [0.29, 0.717) is 44.4 Å². The molecule has 2 unspecified atom stereocenters. The first-order valence-electron chi connectivity index (χ1n) is 8.95. The minimum atomic E-state index is 0. The van der Waals surface area contributed by atoms with Crippen molar-refractivity contribution in [1.29, 1.82) is 0 Å². The van der Waals surface area contributed by atoms with E-state index in [9.17, 15) is 9.59 Å². The molecule has 0 bridgehead atoms. The van der Waals surface area contributed by atoms with Crippen molar-refractivity contribution in [2.75, 3.05) is 39.3 Å². The van der Waals surface area contributed by atoms with Gasteiger partial charge in [-0.3, -0.25) is 9.59 Å². The lowest BCUT2D eigenvalue weighted by atomic mass is 9.85. The van der Waals surface area contributed by atoms with Crippen LogP contribution in [0.4, 0.5) is 0 Å². The molecule has 0 saturated carbocycles. The molecule has 0 aliphatic carbocycles. The van der Waals surface area contributed by atoms with Crippen LogP contribution in [0.1, 0.15) is 36.5 Å². The molecule has 5 nitrogen and oxygen atoms in total. The average Bonchev–Trinajstić information content (AvgIpc) is 3.16. The van der Waals surface area contributed by atoms with Gasteiger partial charge in [0, 0.05) is 38.0 Å². The molecule has 2 saturated heterocycles. The standard InChI is InChI=1S/C18H27N3O2S.ClH/c1-14(15-3-2-5-19-12-15)11-17(22)20-6-8-21(9-7-20)18(23)16-4-10-24-13-16;/h4,10,13-15,19H,2-3,5-9,11-12H2,1H3;1H. The third kappa shape index (κ3) is 5.19. The fourth-order valence-corrected chi connectivity index (χ4v) is 4.29. The van der Waals surface area contributed by atoms with Crippen LogP contribution >= 0.6 is 23.7 Å². The molecule has 1 aromatic heterocycles. The van der Waals surface area contributed by atoms with Crippen molar-refractivity contribution in [3.8, 4) is 0 Å². The van der Waals surface area contributed by atoms with Gasteiger partial charge in [0.1, 0.15) is 0 Å². The molecule has 0 spiro atoms. The lowest BCUT2D eigenvalue weighted by molar-refractivity contribution is -0.134. The van der Waals surface area contributed by atoms with E-state index in [0.717, 1.165) is 18.7 Å². The molecule has 2 aliphatic heterocycles. The van der Waals surface area contributed by atoms with E-state index in [2.05, 4.69) is 12.2 Å². The van der Waals surface area contributed by atoms with Crippen LogP contribution in [0, 0.1) is 11.8 Å². The molecule has 0 radical (unpaired) electrons. The Bertz CT molecular complexity index is 553. The highest BCUT2D eigenvalue weighted by molar-refractivity contribution is 7.08. The summed E-state index contributed by atoms with van der Waals surface area (Å²) in [6.45, 7) is 6.94. The zero-order chi connectivity index (χ0) is 16.9. The number of nitrogens with one attached hydrogen (secondary N) is 1. The Balaban J connectivity index is 0.00000225. The Morgan fingerprint density at radius 1 is 1.28 bits per heavy atom. The molecule has 0 aromatic carbocycles.